The van der Waals surface area contributed by atoms with Crippen molar-refractivity contribution in [2.24, 2.45) is 0 Å². The number of carbonyl (C=O) groups is 1. The molecule has 1 N–H and O–H groups in total. The number of aryl methyl sites for hydroxylation is 2. The predicted octanol–water partition coefficient (Wildman–Crippen LogP) is 2.94. The van der Waals surface area contributed by atoms with Gasteiger partial charge in [-0.15, -0.1) is 12.4 Å². The lowest BCUT2D eigenvalue weighted by Crippen LogP contribution is -2.42. The van der Waals surface area contributed by atoms with Gasteiger partial charge in [-0.25, -0.2) is 0 Å². The molecule has 1 aliphatic heterocycles. The van der Waals surface area contributed by atoms with Crippen molar-refractivity contribution >= 4 is 18.3 Å². The minimum atomic E-state index is 0. The molecule has 0 spiro atoms. The maximum Gasteiger partial charge on any atom is 0.254 e. The fourth-order valence-electron chi connectivity index (χ4n) is 2.86. The van der Waals surface area contributed by atoms with Crippen LogP contribution in [0.2, 0.25) is 0 Å². The number of nitrogens with zero attached hydrogens (tertiary/aromatic N) is 1. The third-order valence-corrected chi connectivity index (χ3v) is 3.67. The van der Waals surface area contributed by atoms with Crippen molar-refractivity contribution in [1.29, 1.82) is 0 Å². The largest absolute Gasteiger partial charge is 0.334 e. The van der Waals surface area contributed by atoms with E-state index in [4.69, 9.17) is 0 Å². The summed E-state index contributed by atoms with van der Waals surface area (Å²) >= 11 is 0. The summed E-state index contributed by atoms with van der Waals surface area (Å²) in [6, 6.07) is 6.46. The van der Waals surface area contributed by atoms with Crippen LogP contribution in [-0.2, 0) is 0 Å². The highest BCUT2D eigenvalue weighted by molar-refractivity contribution is 5.94. The summed E-state index contributed by atoms with van der Waals surface area (Å²) in [5.74, 6) is 0.183. The zero-order valence-corrected chi connectivity index (χ0v) is 13.4. The Kier molecular flexibility index (Phi) is 6.50. The quantitative estimate of drug-likeness (QED) is 0.926. The maximum atomic E-state index is 12.7. The van der Waals surface area contributed by atoms with Gasteiger partial charge in [0.1, 0.15) is 0 Å². The summed E-state index contributed by atoms with van der Waals surface area (Å²) in [6.45, 7) is 9.01. The Bertz CT molecular complexity index is 436. The van der Waals surface area contributed by atoms with Crippen LogP contribution in [0.25, 0.3) is 0 Å². The van der Waals surface area contributed by atoms with Crippen LogP contribution in [0.1, 0.15) is 41.3 Å². The van der Waals surface area contributed by atoms with Crippen LogP contribution >= 0.6 is 12.4 Å². The summed E-state index contributed by atoms with van der Waals surface area (Å²) in [5, 5.41) is 3.35. The van der Waals surface area contributed by atoms with Gasteiger partial charge in [-0.05, 0) is 45.4 Å². The first-order valence-corrected chi connectivity index (χ1v) is 7.21. The third-order valence-electron chi connectivity index (χ3n) is 3.67. The maximum absolute atomic E-state index is 12.7. The van der Waals surface area contributed by atoms with E-state index in [1.807, 2.05) is 30.9 Å². The molecule has 4 heteroatoms. The molecular formula is C16H25ClN2O. The van der Waals surface area contributed by atoms with Crippen molar-refractivity contribution in [3.8, 4) is 0 Å². The number of halogens is 1. The molecule has 0 aliphatic carbocycles. The summed E-state index contributed by atoms with van der Waals surface area (Å²) in [6.07, 6.45) is 2.07. The third kappa shape index (κ3) is 3.97. The number of nitrogens with one attached hydrogen (secondary N) is 1. The molecule has 112 valence electrons. The Balaban J connectivity index is 0.00000200. The van der Waals surface area contributed by atoms with Crippen molar-refractivity contribution in [2.45, 2.75) is 39.7 Å². The van der Waals surface area contributed by atoms with E-state index in [1.165, 1.54) is 0 Å². The van der Waals surface area contributed by atoms with Gasteiger partial charge < -0.3 is 10.2 Å². The van der Waals surface area contributed by atoms with Gasteiger partial charge in [0.2, 0.25) is 0 Å². The van der Waals surface area contributed by atoms with E-state index in [2.05, 4.69) is 18.3 Å². The summed E-state index contributed by atoms with van der Waals surface area (Å²) in [4.78, 5) is 14.8. The zero-order valence-electron chi connectivity index (χ0n) is 12.6. The highest BCUT2D eigenvalue weighted by Gasteiger charge is 2.26. The normalized spacial score (nSPS) is 17.6. The van der Waals surface area contributed by atoms with Gasteiger partial charge in [-0.1, -0.05) is 24.1 Å². The molecule has 1 fully saturated rings. The van der Waals surface area contributed by atoms with E-state index in [-0.39, 0.29) is 18.3 Å². The summed E-state index contributed by atoms with van der Waals surface area (Å²) in [5.41, 5.74) is 3.14. The first-order valence-electron chi connectivity index (χ1n) is 7.21. The lowest BCUT2D eigenvalue weighted by atomic mass is 10.1. The van der Waals surface area contributed by atoms with Crippen LogP contribution in [0.4, 0.5) is 0 Å². The Morgan fingerprint density at radius 2 is 1.95 bits per heavy atom. The average Bonchev–Trinajstić information content (AvgIpc) is 2.87. The number of amides is 1. The molecule has 1 aromatic carbocycles. The molecule has 1 atom stereocenters. The van der Waals surface area contributed by atoms with Crippen LogP contribution in [0.5, 0.6) is 0 Å². The van der Waals surface area contributed by atoms with E-state index in [0.717, 1.165) is 49.2 Å². The van der Waals surface area contributed by atoms with E-state index >= 15 is 0 Å². The van der Waals surface area contributed by atoms with Crippen molar-refractivity contribution in [3.05, 3.63) is 34.9 Å². The van der Waals surface area contributed by atoms with Crippen molar-refractivity contribution in [1.82, 2.24) is 10.2 Å². The van der Waals surface area contributed by atoms with Gasteiger partial charge in [0.15, 0.2) is 0 Å². The summed E-state index contributed by atoms with van der Waals surface area (Å²) in [7, 11) is 0. The number of hydrogen-bond donors (Lipinski definition) is 1. The van der Waals surface area contributed by atoms with Gasteiger partial charge in [0.25, 0.3) is 5.91 Å². The van der Waals surface area contributed by atoms with Crippen LogP contribution in [-0.4, -0.2) is 36.5 Å². The molecule has 1 saturated heterocycles. The van der Waals surface area contributed by atoms with Crippen LogP contribution in [0.15, 0.2) is 18.2 Å². The van der Waals surface area contributed by atoms with E-state index in [0.29, 0.717) is 6.04 Å². The fraction of sp³-hybridized carbons (Fsp3) is 0.562. The van der Waals surface area contributed by atoms with Gasteiger partial charge in [0, 0.05) is 24.7 Å². The average molecular weight is 297 g/mol. The lowest BCUT2D eigenvalue weighted by Gasteiger charge is -2.28. The monoisotopic (exact) mass is 296 g/mol. The van der Waals surface area contributed by atoms with Crippen LogP contribution in [0.3, 0.4) is 0 Å². The van der Waals surface area contributed by atoms with Gasteiger partial charge in [0.05, 0.1) is 0 Å². The predicted molar refractivity (Wildman–Crippen MR) is 85.8 cm³/mol. The Morgan fingerprint density at radius 3 is 2.45 bits per heavy atom. The molecule has 0 saturated carbocycles. The molecule has 1 aliphatic rings. The Labute approximate surface area is 128 Å². The van der Waals surface area contributed by atoms with Crippen molar-refractivity contribution < 1.29 is 4.79 Å². The molecule has 2 rings (SSSR count). The summed E-state index contributed by atoms with van der Waals surface area (Å²) < 4.78 is 0. The molecule has 1 amide bonds. The number of carbonyl (C=O) groups excluding carboxylic acids is 1. The molecular weight excluding hydrogens is 272 g/mol. The molecule has 1 heterocycles. The fourth-order valence-corrected chi connectivity index (χ4v) is 2.86. The number of hydrogen-bond acceptors (Lipinski definition) is 2. The lowest BCUT2D eigenvalue weighted by molar-refractivity contribution is 0.0692. The van der Waals surface area contributed by atoms with Gasteiger partial charge in [-0.2, -0.15) is 0 Å². The standard InChI is InChI=1S/C16H24N2O.ClH/c1-4-7-18(15-5-6-17-11-15)16(19)14-9-12(2)8-13(3)10-14;/h8-10,15,17H,4-7,11H2,1-3H3;1H. The molecule has 3 nitrogen and oxygen atoms in total. The van der Waals surface area contributed by atoms with E-state index in [9.17, 15) is 4.79 Å². The van der Waals surface area contributed by atoms with Gasteiger partial charge in [-0.3, -0.25) is 4.79 Å². The van der Waals surface area contributed by atoms with E-state index < -0.39 is 0 Å². The molecule has 1 unspecified atom stereocenters. The number of benzene rings is 1. The minimum absolute atomic E-state index is 0. The Hall–Kier alpha value is -1.06. The van der Waals surface area contributed by atoms with Crippen molar-refractivity contribution in [2.75, 3.05) is 19.6 Å². The second-order valence-corrected chi connectivity index (χ2v) is 5.52. The molecule has 0 bridgehead atoms. The van der Waals surface area contributed by atoms with Crippen LogP contribution < -0.4 is 5.32 Å². The van der Waals surface area contributed by atoms with E-state index in [1.54, 1.807) is 0 Å². The van der Waals surface area contributed by atoms with Crippen LogP contribution in [0, 0.1) is 13.8 Å². The first-order chi connectivity index (χ1) is 9.11. The first kappa shape index (κ1) is 17.0. The molecule has 20 heavy (non-hydrogen) atoms. The van der Waals surface area contributed by atoms with Crippen molar-refractivity contribution in [3.63, 3.8) is 0 Å². The molecule has 0 radical (unpaired) electrons. The topological polar surface area (TPSA) is 32.3 Å². The molecule has 1 aromatic rings. The smallest absolute Gasteiger partial charge is 0.254 e. The second kappa shape index (κ2) is 7.65. The zero-order chi connectivity index (χ0) is 13.8. The van der Waals surface area contributed by atoms with Gasteiger partial charge >= 0.3 is 0 Å². The minimum Gasteiger partial charge on any atom is -0.334 e. The highest BCUT2D eigenvalue weighted by Crippen LogP contribution is 2.16. The molecule has 0 aromatic heterocycles. The SMILES string of the molecule is CCCN(C(=O)c1cc(C)cc(C)c1)C1CCNC1.Cl. The highest BCUT2D eigenvalue weighted by atomic mass is 35.5. The Morgan fingerprint density at radius 1 is 1.30 bits per heavy atom. The number of rotatable bonds is 4. The second-order valence-electron chi connectivity index (χ2n) is 5.52.